The number of likely N-dealkylation sites (tertiary alicyclic amines) is 1. The van der Waals surface area contributed by atoms with E-state index in [-0.39, 0.29) is 11.6 Å². The molecule has 3 heterocycles. The first-order valence-corrected chi connectivity index (χ1v) is 7.91. The normalized spacial score (nSPS) is 22.3. The Morgan fingerprint density at radius 2 is 2.13 bits per heavy atom. The van der Waals surface area contributed by atoms with Crippen LogP contribution in [0.5, 0.6) is 0 Å². The van der Waals surface area contributed by atoms with Gasteiger partial charge in [-0.3, -0.25) is 24.8 Å². The second-order valence-electron chi connectivity index (χ2n) is 6.06. The maximum Gasteiger partial charge on any atom is 0.288 e. The molecular weight excluding hydrogens is 298 g/mol. The Morgan fingerprint density at radius 3 is 2.83 bits per heavy atom. The quantitative estimate of drug-likeness (QED) is 0.641. The van der Waals surface area contributed by atoms with Crippen molar-refractivity contribution in [3.05, 3.63) is 33.6 Å². The molecule has 2 aliphatic rings. The predicted octanol–water partition coefficient (Wildman–Crippen LogP) is 0.418. The van der Waals surface area contributed by atoms with Crippen LogP contribution in [-0.4, -0.2) is 70.9 Å². The van der Waals surface area contributed by atoms with Crippen molar-refractivity contribution in [2.45, 2.75) is 19.4 Å². The van der Waals surface area contributed by atoms with Crippen LogP contribution in [0.3, 0.4) is 0 Å². The molecule has 1 amide bonds. The minimum Gasteiger partial charge on any atom is -0.337 e. The summed E-state index contributed by atoms with van der Waals surface area (Å²) in [6.45, 7) is 7.06. The monoisotopic (exact) mass is 319 g/mol. The van der Waals surface area contributed by atoms with Crippen molar-refractivity contribution in [3.63, 3.8) is 0 Å². The average Bonchev–Trinajstić information content (AvgIpc) is 3.05. The second kappa shape index (κ2) is 6.59. The summed E-state index contributed by atoms with van der Waals surface area (Å²) in [7, 11) is 0. The van der Waals surface area contributed by atoms with Crippen molar-refractivity contribution in [3.8, 4) is 0 Å². The van der Waals surface area contributed by atoms with E-state index in [0.29, 0.717) is 30.4 Å². The van der Waals surface area contributed by atoms with Crippen LogP contribution >= 0.6 is 0 Å². The van der Waals surface area contributed by atoms with Gasteiger partial charge in [-0.15, -0.1) is 0 Å². The lowest BCUT2D eigenvalue weighted by molar-refractivity contribution is -0.385. The number of carbonyl (C=O) groups excluding carboxylic acids is 1. The van der Waals surface area contributed by atoms with Crippen LogP contribution in [0.1, 0.15) is 22.5 Å². The SMILES string of the molecule is Cc1ncc([N+](=O)[O-])cc1C(=O)N1CCC(N2CCNCC2)C1. The van der Waals surface area contributed by atoms with E-state index in [9.17, 15) is 14.9 Å². The van der Waals surface area contributed by atoms with Crippen molar-refractivity contribution in [1.29, 1.82) is 0 Å². The number of piperazine rings is 1. The first kappa shape index (κ1) is 15.8. The van der Waals surface area contributed by atoms with E-state index in [1.807, 2.05) is 0 Å². The molecule has 8 heteroatoms. The minimum atomic E-state index is -0.517. The van der Waals surface area contributed by atoms with Gasteiger partial charge in [0.15, 0.2) is 0 Å². The van der Waals surface area contributed by atoms with E-state index in [0.717, 1.165) is 32.6 Å². The molecule has 124 valence electrons. The third-order valence-corrected chi connectivity index (χ3v) is 4.63. The molecule has 2 saturated heterocycles. The summed E-state index contributed by atoms with van der Waals surface area (Å²) >= 11 is 0. The van der Waals surface area contributed by atoms with Crippen LogP contribution in [-0.2, 0) is 0 Å². The van der Waals surface area contributed by atoms with Gasteiger partial charge in [0.1, 0.15) is 6.20 Å². The zero-order chi connectivity index (χ0) is 16.4. The fourth-order valence-corrected chi connectivity index (χ4v) is 3.28. The Hall–Kier alpha value is -2.06. The number of nitrogens with zero attached hydrogens (tertiary/aromatic N) is 4. The summed E-state index contributed by atoms with van der Waals surface area (Å²) in [5.41, 5.74) is 0.725. The molecule has 1 atom stereocenters. The number of rotatable bonds is 3. The summed E-state index contributed by atoms with van der Waals surface area (Å²) in [5.74, 6) is -0.156. The molecule has 8 nitrogen and oxygen atoms in total. The van der Waals surface area contributed by atoms with Gasteiger partial charge in [0.25, 0.3) is 11.6 Å². The molecule has 1 unspecified atom stereocenters. The molecule has 1 aromatic rings. The van der Waals surface area contributed by atoms with Crippen molar-refractivity contribution < 1.29 is 9.72 Å². The van der Waals surface area contributed by atoms with Gasteiger partial charge in [0, 0.05) is 51.4 Å². The zero-order valence-electron chi connectivity index (χ0n) is 13.2. The van der Waals surface area contributed by atoms with Crippen LogP contribution < -0.4 is 5.32 Å². The number of hydrogen-bond acceptors (Lipinski definition) is 6. The van der Waals surface area contributed by atoms with Crippen molar-refractivity contribution in [2.24, 2.45) is 0 Å². The maximum atomic E-state index is 12.7. The van der Waals surface area contributed by atoms with Crippen LogP contribution in [0.4, 0.5) is 5.69 Å². The highest BCUT2D eigenvalue weighted by molar-refractivity contribution is 5.96. The standard InChI is InChI=1S/C15H21N5O3/c1-11-14(8-13(9-17-11)20(22)23)15(21)19-5-2-12(10-19)18-6-3-16-4-7-18/h8-9,12,16H,2-7,10H2,1H3. The number of nitrogens with one attached hydrogen (secondary N) is 1. The van der Waals surface area contributed by atoms with E-state index in [1.165, 1.54) is 12.3 Å². The predicted molar refractivity (Wildman–Crippen MR) is 84.4 cm³/mol. The highest BCUT2D eigenvalue weighted by Crippen LogP contribution is 2.21. The van der Waals surface area contributed by atoms with Gasteiger partial charge >= 0.3 is 0 Å². The summed E-state index contributed by atoms with van der Waals surface area (Å²) < 4.78 is 0. The van der Waals surface area contributed by atoms with Crippen LogP contribution in [0, 0.1) is 17.0 Å². The number of amides is 1. The summed E-state index contributed by atoms with van der Waals surface area (Å²) in [5, 5.41) is 14.2. The molecule has 0 bridgehead atoms. The molecule has 23 heavy (non-hydrogen) atoms. The number of carbonyl (C=O) groups is 1. The van der Waals surface area contributed by atoms with E-state index in [1.54, 1.807) is 11.8 Å². The van der Waals surface area contributed by atoms with Crippen LogP contribution in [0.2, 0.25) is 0 Å². The van der Waals surface area contributed by atoms with Crippen molar-refractivity contribution >= 4 is 11.6 Å². The maximum absolute atomic E-state index is 12.7. The largest absolute Gasteiger partial charge is 0.337 e. The smallest absolute Gasteiger partial charge is 0.288 e. The lowest BCUT2D eigenvalue weighted by Crippen LogP contribution is -2.49. The Morgan fingerprint density at radius 1 is 1.39 bits per heavy atom. The Balaban J connectivity index is 1.71. The van der Waals surface area contributed by atoms with E-state index < -0.39 is 4.92 Å². The van der Waals surface area contributed by atoms with Crippen molar-refractivity contribution in [1.82, 2.24) is 20.1 Å². The van der Waals surface area contributed by atoms with Crippen LogP contribution in [0.15, 0.2) is 12.3 Å². The van der Waals surface area contributed by atoms with Gasteiger partial charge in [-0.25, -0.2) is 0 Å². The molecule has 0 aromatic carbocycles. The van der Waals surface area contributed by atoms with Crippen molar-refractivity contribution in [2.75, 3.05) is 39.3 Å². The molecular formula is C15H21N5O3. The summed E-state index contributed by atoms with van der Waals surface area (Å²) in [6, 6.07) is 1.72. The Labute approximate surface area is 134 Å². The van der Waals surface area contributed by atoms with Gasteiger partial charge < -0.3 is 10.2 Å². The molecule has 0 saturated carbocycles. The molecule has 3 rings (SSSR count). The topological polar surface area (TPSA) is 91.6 Å². The Kier molecular flexibility index (Phi) is 4.53. The van der Waals surface area contributed by atoms with Gasteiger partial charge in [-0.05, 0) is 13.3 Å². The van der Waals surface area contributed by atoms with Gasteiger partial charge in [0.05, 0.1) is 16.2 Å². The Bertz CT molecular complexity index is 615. The van der Waals surface area contributed by atoms with Gasteiger partial charge in [0.2, 0.25) is 0 Å². The molecule has 2 fully saturated rings. The fourth-order valence-electron chi connectivity index (χ4n) is 3.28. The molecule has 0 radical (unpaired) electrons. The fraction of sp³-hybridized carbons (Fsp3) is 0.600. The van der Waals surface area contributed by atoms with Gasteiger partial charge in [-0.1, -0.05) is 0 Å². The summed E-state index contributed by atoms with van der Waals surface area (Å²) in [6.07, 6.45) is 2.15. The first-order valence-electron chi connectivity index (χ1n) is 7.91. The number of aromatic nitrogens is 1. The number of nitro groups is 1. The van der Waals surface area contributed by atoms with E-state index >= 15 is 0 Å². The number of hydrogen-bond donors (Lipinski definition) is 1. The molecule has 2 aliphatic heterocycles. The van der Waals surface area contributed by atoms with Crippen LogP contribution in [0.25, 0.3) is 0 Å². The molecule has 1 N–H and O–H groups in total. The number of aryl methyl sites for hydroxylation is 1. The van der Waals surface area contributed by atoms with E-state index in [4.69, 9.17) is 0 Å². The highest BCUT2D eigenvalue weighted by atomic mass is 16.6. The number of pyridine rings is 1. The molecule has 1 aromatic heterocycles. The average molecular weight is 319 g/mol. The van der Waals surface area contributed by atoms with E-state index in [2.05, 4.69) is 15.2 Å². The highest BCUT2D eigenvalue weighted by Gasteiger charge is 2.32. The molecule has 0 spiro atoms. The first-order chi connectivity index (χ1) is 11.1. The minimum absolute atomic E-state index is 0.142. The zero-order valence-corrected chi connectivity index (χ0v) is 13.2. The lowest BCUT2D eigenvalue weighted by atomic mass is 10.1. The third kappa shape index (κ3) is 3.32. The third-order valence-electron chi connectivity index (χ3n) is 4.63. The lowest BCUT2D eigenvalue weighted by Gasteiger charge is -2.32. The second-order valence-corrected chi connectivity index (χ2v) is 6.06. The molecule has 0 aliphatic carbocycles. The van der Waals surface area contributed by atoms with Gasteiger partial charge in [-0.2, -0.15) is 0 Å². The summed E-state index contributed by atoms with van der Waals surface area (Å²) in [4.78, 5) is 31.3.